The molecule has 1 unspecified atom stereocenters. The van der Waals surface area contributed by atoms with Crippen LogP contribution < -0.4 is 20.1 Å². The van der Waals surface area contributed by atoms with Crippen LogP contribution in [0.1, 0.15) is 39.0 Å². The lowest BCUT2D eigenvalue weighted by Gasteiger charge is -2.23. The molecule has 1 amide bonds. The van der Waals surface area contributed by atoms with Gasteiger partial charge in [0.05, 0.1) is 19.9 Å². The van der Waals surface area contributed by atoms with E-state index in [4.69, 9.17) is 9.47 Å². The van der Waals surface area contributed by atoms with Crippen LogP contribution in [0.3, 0.4) is 0 Å². The number of methoxy groups -OCH3 is 2. The highest BCUT2D eigenvalue weighted by molar-refractivity contribution is 5.84. The van der Waals surface area contributed by atoms with Crippen molar-refractivity contribution in [3.8, 4) is 11.5 Å². The van der Waals surface area contributed by atoms with E-state index in [0.717, 1.165) is 18.0 Å². The van der Waals surface area contributed by atoms with Crippen molar-refractivity contribution in [1.29, 1.82) is 0 Å². The maximum atomic E-state index is 12.3. The van der Waals surface area contributed by atoms with Crippen LogP contribution in [-0.2, 0) is 4.79 Å². The van der Waals surface area contributed by atoms with Gasteiger partial charge < -0.3 is 20.1 Å². The maximum absolute atomic E-state index is 12.3. The summed E-state index contributed by atoms with van der Waals surface area (Å²) < 4.78 is 10.5. The number of carbonyl (C=O) groups excluding carboxylic acids is 1. The summed E-state index contributed by atoms with van der Waals surface area (Å²) in [6.45, 7) is 2.64. The van der Waals surface area contributed by atoms with Crippen molar-refractivity contribution in [2.45, 2.75) is 45.1 Å². The zero-order valence-electron chi connectivity index (χ0n) is 14.4. The Hall–Kier alpha value is -1.91. The average Bonchev–Trinajstić information content (AvgIpc) is 2.60. The van der Waals surface area contributed by atoms with Gasteiger partial charge in [-0.25, -0.2) is 0 Å². The summed E-state index contributed by atoms with van der Waals surface area (Å²) in [5.41, 5.74) is 0.786. The first-order chi connectivity index (χ1) is 11.1. The predicted octanol–water partition coefficient (Wildman–Crippen LogP) is 3.20. The molecular formula is C18H28N2O3. The van der Waals surface area contributed by atoms with Gasteiger partial charge in [-0.15, -0.1) is 0 Å². The normalized spacial score (nSPS) is 16.5. The molecule has 128 valence electrons. The Kier molecular flexibility index (Phi) is 6.56. The monoisotopic (exact) mass is 320 g/mol. The van der Waals surface area contributed by atoms with E-state index in [2.05, 4.69) is 10.6 Å². The van der Waals surface area contributed by atoms with Gasteiger partial charge in [0.2, 0.25) is 5.91 Å². The predicted molar refractivity (Wildman–Crippen MR) is 92.2 cm³/mol. The van der Waals surface area contributed by atoms with E-state index in [-0.39, 0.29) is 11.9 Å². The molecule has 0 radical (unpaired) electrons. The smallest absolute Gasteiger partial charge is 0.242 e. The molecule has 0 aliphatic heterocycles. The zero-order valence-corrected chi connectivity index (χ0v) is 14.4. The minimum atomic E-state index is -0.319. The van der Waals surface area contributed by atoms with Crippen LogP contribution in [0.4, 0.5) is 5.69 Å². The van der Waals surface area contributed by atoms with Gasteiger partial charge in [-0.05, 0) is 37.8 Å². The Morgan fingerprint density at radius 2 is 1.96 bits per heavy atom. The van der Waals surface area contributed by atoms with Gasteiger partial charge in [0, 0.05) is 12.6 Å². The van der Waals surface area contributed by atoms with E-state index in [1.165, 1.54) is 32.1 Å². The van der Waals surface area contributed by atoms with E-state index in [0.29, 0.717) is 11.7 Å². The van der Waals surface area contributed by atoms with E-state index in [9.17, 15) is 4.79 Å². The molecule has 1 aromatic carbocycles. The van der Waals surface area contributed by atoms with Gasteiger partial charge >= 0.3 is 0 Å². The van der Waals surface area contributed by atoms with E-state index < -0.39 is 0 Å². The number of amides is 1. The number of anilines is 1. The van der Waals surface area contributed by atoms with Crippen LogP contribution in [0, 0.1) is 5.92 Å². The number of nitrogens with one attached hydrogen (secondary N) is 2. The SMILES string of the molecule is COc1ccc(NC(C)C(=O)NCC2CCCCC2)c(OC)c1. The standard InChI is InChI=1S/C18H28N2O3/c1-13(18(21)19-12-14-7-5-4-6-8-14)20-16-10-9-15(22-2)11-17(16)23-3/h9-11,13-14,20H,4-8,12H2,1-3H3,(H,19,21). The quantitative estimate of drug-likeness (QED) is 0.810. The number of rotatable bonds is 7. The number of ether oxygens (including phenoxy) is 2. The van der Waals surface area contributed by atoms with Gasteiger partial charge in [-0.1, -0.05) is 19.3 Å². The Labute approximate surface area is 138 Å². The van der Waals surface area contributed by atoms with E-state index >= 15 is 0 Å². The lowest BCUT2D eigenvalue weighted by atomic mass is 9.89. The zero-order chi connectivity index (χ0) is 16.7. The van der Waals surface area contributed by atoms with Crippen molar-refractivity contribution in [3.63, 3.8) is 0 Å². The van der Waals surface area contributed by atoms with Gasteiger partial charge in [0.15, 0.2) is 0 Å². The Bertz CT molecular complexity index is 513. The first kappa shape index (κ1) is 17.4. The van der Waals surface area contributed by atoms with Crippen molar-refractivity contribution < 1.29 is 14.3 Å². The summed E-state index contributed by atoms with van der Waals surface area (Å²) in [5.74, 6) is 2.04. The number of hydrogen-bond acceptors (Lipinski definition) is 4. The largest absolute Gasteiger partial charge is 0.497 e. The third kappa shape index (κ3) is 5.05. The Balaban J connectivity index is 1.87. The van der Waals surface area contributed by atoms with Crippen molar-refractivity contribution in [3.05, 3.63) is 18.2 Å². The van der Waals surface area contributed by atoms with Crippen LogP contribution in [-0.4, -0.2) is 32.7 Å². The van der Waals surface area contributed by atoms with Crippen molar-refractivity contribution in [2.75, 3.05) is 26.1 Å². The molecule has 1 saturated carbocycles. The molecule has 5 nitrogen and oxygen atoms in total. The van der Waals surface area contributed by atoms with Crippen molar-refractivity contribution >= 4 is 11.6 Å². The lowest BCUT2D eigenvalue weighted by Crippen LogP contribution is -2.40. The lowest BCUT2D eigenvalue weighted by molar-refractivity contribution is -0.121. The summed E-state index contributed by atoms with van der Waals surface area (Å²) >= 11 is 0. The summed E-state index contributed by atoms with van der Waals surface area (Å²) in [6, 6.07) is 5.19. The summed E-state index contributed by atoms with van der Waals surface area (Å²) in [7, 11) is 3.22. The second-order valence-electron chi connectivity index (χ2n) is 6.18. The van der Waals surface area contributed by atoms with Gasteiger partial charge in [0.1, 0.15) is 17.5 Å². The molecule has 0 bridgehead atoms. The van der Waals surface area contributed by atoms with Gasteiger partial charge in [-0.3, -0.25) is 4.79 Å². The number of benzene rings is 1. The maximum Gasteiger partial charge on any atom is 0.242 e. The fourth-order valence-electron chi connectivity index (χ4n) is 3.01. The third-order valence-corrected chi connectivity index (χ3v) is 4.46. The third-order valence-electron chi connectivity index (χ3n) is 4.46. The van der Waals surface area contributed by atoms with Gasteiger partial charge in [-0.2, -0.15) is 0 Å². The summed E-state index contributed by atoms with van der Waals surface area (Å²) in [5, 5.41) is 6.27. The molecule has 2 rings (SSSR count). The Morgan fingerprint density at radius 3 is 2.61 bits per heavy atom. The molecule has 1 aliphatic carbocycles. The molecule has 1 fully saturated rings. The molecule has 0 heterocycles. The topological polar surface area (TPSA) is 59.6 Å². The first-order valence-corrected chi connectivity index (χ1v) is 8.40. The molecule has 5 heteroatoms. The molecule has 1 aromatic rings. The minimum absolute atomic E-state index is 0.0217. The van der Waals surface area contributed by atoms with Crippen molar-refractivity contribution in [1.82, 2.24) is 5.32 Å². The van der Waals surface area contributed by atoms with Crippen LogP contribution in [0.2, 0.25) is 0 Å². The molecular weight excluding hydrogens is 292 g/mol. The molecule has 1 aliphatic rings. The van der Waals surface area contributed by atoms with Crippen LogP contribution in [0.15, 0.2) is 18.2 Å². The molecule has 0 aromatic heterocycles. The van der Waals surface area contributed by atoms with Crippen LogP contribution in [0.25, 0.3) is 0 Å². The average molecular weight is 320 g/mol. The van der Waals surface area contributed by atoms with Crippen molar-refractivity contribution in [2.24, 2.45) is 5.92 Å². The second kappa shape index (κ2) is 8.65. The highest BCUT2D eigenvalue weighted by atomic mass is 16.5. The highest BCUT2D eigenvalue weighted by Gasteiger charge is 2.18. The molecule has 23 heavy (non-hydrogen) atoms. The number of carbonyl (C=O) groups is 1. The molecule has 2 N–H and O–H groups in total. The van der Waals surface area contributed by atoms with Crippen LogP contribution in [0.5, 0.6) is 11.5 Å². The molecule has 0 spiro atoms. The fourth-order valence-corrected chi connectivity index (χ4v) is 3.01. The summed E-state index contributed by atoms with van der Waals surface area (Å²) in [4.78, 5) is 12.3. The fraction of sp³-hybridized carbons (Fsp3) is 0.611. The summed E-state index contributed by atoms with van der Waals surface area (Å²) in [6.07, 6.45) is 6.37. The van der Waals surface area contributed by atoms with E-state index in [1.807, 2.05) is 19.1 Å². The highest BCUT2D eigenvalue weighted by Crippen LogP contribution is 2.29. The minimum Gasteiger partial charge on any atom is -0.497 e. The number of hydrogen-bond donors (Lipinski definition) is 2. The Morgan fingerprint density at radius 1 is 1.22 bits per heavy atom. The van der Waals surface area contributed by atoms with Gasteiger partial charge in [0.25, 0.3) is 0 Å². The first-order valence-electron chi connectivity index (χ1n) is 8.40. The second-order valence-corrected chi connectivity index (χ2v) is 6.18. The van der Waals surface area contributed by atoms with Crippen LogP contribution >= 0.6 is 0 Å². The molecule has 1 atom stereocenters. The van der Waals surface area contributed by atoms with E-state index in [1.54, 1.807) is 20.3 Å². The molecule has 0 saturated heterocycles.